The lowest BCUT2D eigenvalue weighted by molar-refractivity contribution is -0.00600. The summed E-state index contributed by atoms with van der Waals surface area (Å²) in [6, 6.07) is 9.23. The van der Waals surface area contributed by atoms with Crippen LogP contribution in [0.25, 0.3) is 11.3 Å². The van der Waals surface area contributed by atoms with Gasteiger partial charge in [0.1, 0.15) is 0 Å². The summed E-state index contributed by atoms with van der Waals surface area (Å²) in [5.74, 6) is 1.40. The van der Waals surface area contributed by atoms with Gasteiger partial charge in [-0.3, -0.25) is 5.10 Å². The molecule has 4 fully saturated rings. The minimum Gasteiger partial charge on any atom is -0.318 e. The van der Waals surface area contributed by atoms with Crippen LogP contribution >= 0.6 is 0 Å². The summed E-state index contributed by atoms with van der Waals surface area (Å²) in [5.41, 5.74) is 4.41. The first kappa shape index (κ1) is 15.0. The molecule has 6 rings (SSSR count). The average molecular weight is 336 g/mol. The molecule has 1 aromatic heterocycles. The van der Waals surface area contributed by atoms with Crippen LogP contribution in [-0.4, -0.2) is 33.2 Å². The number of rotatable bonds is 3. The molecule has 2 N–H and O–H groups in total. The van der Waals surface area contributed by atoms with E-state index in [4.69, 9.17) is 0 Å². The molecule has 2 aliphatic heterocycles. The quantitative estimate of drug-likeness (QED) is 0.875. The third-order valence-corrected chi connectivity index (χ3v) is 6.03. The Bertz CT molecular complexity index is 784. The molecule has 25 heavy (non-hydrogen) atoms. The monoisotopic (exact) mass is 336 g/mol. The topological polar surface area (TPSA) is 61.0 Å². The molecule has 4 aliphatic rings. The number of nitrogens with one attached hydrogen (secondary N) is 2. The van der Waals surface area contributed by atoms with Crippen LogP contribution in [0.3, 0.4) is 0 Å². The number of urea groups is 1. The van der Waals surface area contributed by atoms with Gasteiger partial charge in [-0.25, -0.2) is 4.79 Å². The third-order valence-electron chi connectivity index (χ3n) is 6.03. The minimum atomic E-state index is 0.0582. The normalized spacial score (nSPS) is 27.7. The molecule has 3 heterocycles. The maximum absolute atomic E-state index is 12.7. The Morgan fingerprint density at radius 1 is 1.20 bits per heavy atom. The fourth-order valence-electron chi connectivity index (χ4n) is 4.69. The van der Waals surface area contributed by atoms with Gasteiger partial charge in [-0.2, -0.15) is 5.10 Å². The van der Waals surface area contributed by atoms with Crippen molar-refractivity contribution in [1.82, 2.24) is 15.1 Å². The van der Waals surface area contributed by atoms with Gasteiger partial charge in [-0.15, -0.1) is 0 Å². The van der Waals surface area contributed by atoms with Crippen LogP contribution in [0.2, 0.25) is 0 Å². The van der Waals surface area contributed by atoms with Gasteiger partial charge in [-0.05, 0) is 67.7 Å². The number of carbonyl (C=O) groups excluding carboxylic acids is 1. The summed E-state index contributed by atoms with van der Waals surface area (Å²) < 4.78 is 0. The fraction of sp³-hybridized carbons (Fsp3) is 0.500. The summed E-state index contributed by atoms with van der Waals surface area (Å²) in [6.45, 7) is 2.29. The van der Waals surface area contributed by atoms with Gasteiger partial charge in [0.2, 0.25) is 0 Å². The van der Waals surface area contributed by atoms with Crippen molar-refractivity contribution in [3.05, 3.63) is 36.0 Å². The standard InChI is InChI=1S/C20H24N4O/c1-12-8-15-11-16(9-12)24(15)20(25)22-14-4-5-17(13-2-3-13)18(10-14)19-6-7-21-23-19/h4-7,10,12-13,15-16H,2-3,8-9,11H2,1H3,(H,21,23)(H,22,25)/t12?,15-,16?/m0/s1. The van der Waals surface area contributed by atoms with Crippen molar-refractivity contribution in [1.29, 1.82) is 0 Å². The van der Waals surface area contributed by atoms with Crippen molar-refractivity contribution in [3.63, 3.8) is 0 Å². The Balaban J connectivity index is 1.38. The van der Waals surface area contributed by atoms with Crippen LogP contribution in [-0.2, 0) is 0 Å². The number of nitrogens with zero attached hydrogens (tertiary/aromatic N) is 2. The van der Waals surface area contributed by atoms with Crippen LogP contribution in [0.15, 0.2) is 30.5 Å². The Labute approximate surface area is 147 Å². The summed E-state index contributed by atoms with van der Waals surface area (Å²) in [4.78, 5) is 14.8. The minimum absolute atomic E-state index is 0.0582. The molecule has 5 nitrogen and oxygen atoms in total. The van der Waals surface area contributed by atoms with Gasteiger partial charge >= 0.3 is 6.03 Å². The molecule has 2 aliphatic carbocycles. The smallest absolute Gasteiger partial charge is 0.318 e. The zero-order valence-corrected chi connectivity index (χ0v) is 14.5. The Morgan fingerprint density at radius 2 is 2.00 bits per heavy atom. The van der Waals surface area contributed by atoms with E-state index in [0.717, 1.165) is 35.7 Å². The molecule has 0 spiro atoms. The second kappa shape index (κ2) is 5.61. The van der Waals surface area contributed by atoms with Crippen LogP contribution in [0, 0.1) is 5.92 Å². The van der Waals surface area contributed by atoms with Gasteiger partial charge in [0.05, 0.1) is 5.69 Å². The Hall–Kier alpha value is -2.30. The number of H-pyrrole nitrogens is 1. The molecule has 2 aromatic rings. The van der Waals surface area contributed by atoms with Crippen molar-refractivity contribution in [2.45, 2.75) is 57.0 Å². The van der Waals surface area contributed by atoms with Gasteiger partial charge in [-0.1, -0.05) is 13.0 Å². The number of fused-ring (bicyclic) bond motifs is 2. The molecule has 2 bridgehead atoms. The largest absolute Gasteiger partial charge is 0.322 e. The first-order valence-electron chi connectivity index (χ1n) is 9.42. The summed E-state index contributed by atoms with van der Waals surface area (Å²) >= 11 is 0. The first-order valence-corrected chi connectivity index (χ1v) is 9.42. The SMILES string of the molecule is CC1CC2C[C@H](C1)N2C(=O)Nc1ccc(C2CC2)c(-c2ccn[nH]2)c1. The average Bonchev–Trinajstić information content (AvgIpc) is 3.28. The molecule has 3 atom stereocenters. The van der Waals surface area contributed by atoms with Crippen molar-refractivity contribution < 1.29 is 4.79 Å². The van der Waals surface area contributed by atoms with Crippen molar-refractivity contribution in [2.75, 3.05) is 5.32 Å². The number of anilines is 1. The first-order chi connectivity index (χ1) is 12.2. The number of aromatic amines is 1. The highest BCUT2D eigenvalue weighted by Crippen LogP contribution is 2.45. The predicted molar refractivity (Wildman–Crippen MR) is 97.4 cm³/mol. The molecule has 2 amide bonds. The highest BCUT2D eigenvalue weighted by atomic mass is 16.2. The number of aromatic nitrogens is 2. The van der Waals surface area contributed by atoms with Crippen LogP contribution in [0.4, 0.5) is 10.5 Å². The number of hydrogen-bond acceptors (Lipinski definition) is 2. The predicted octanol–water partition coefficient (Wildman–Crippen LogP) is 4.36. The zero-order chi connectivity index (χ0) is 17.0. The van der Waals surface area contributed by atoms with Crippen LogP contribution in [0.5, 0.6) is 0 Å². The van der Waals surface area contributed by atoms with E-state index in [1.54, 1.807) is 6.20 Å². The van der Waals surface area contributed by atoms with Gasteiger partial charge in [0.15, 0.2) is 0 Å². The zero-order valence-electron chi connectivity index (χ0n) is 14.5. The van der Waals surface area contributed by atoms with E-state index >= 15 is 0 Å². The van der Waals surface area contributed by atoms with E-state index in [2.05, 4.69) is 39.5 Å². The molecular formula is C20H24N4O. The van der Waals surface area contributed by atoms with Crippen molar-refractivity contribution >= 4 is 11.7 Å². The fourth-order valence-corrected chi connectivity index (χ4v) is 4.69. The molecule has 1 aromatic carbocycles. The number of hydrogen-bond donors (Lipinski definition) is 2. The van der Waals surface area contributed by atoms with Crippen LogP contribution < -0.4 is 5.32 Å². The lowest BCUT2D eigenvalue weighted by Gasteiger charge is -2.54. The van der Waals surface area contributed by atoms with E-state index in [1.165, 1.54) is 24.8 Å². The third kappa shape index (κ3) is 2.62. The second-order valence-corrected chi connectivity index (χ2v) is 8.00. The van der Waals surface area contributed by atoms with E-state index in [0.29, 0.717) is 18.0 Å². The second-order valence-electron chi connectivity index (χ2n) is 8.00. The summed E-state index contributed by atoms with van der Waals surface area (Å²) in [7, 11) is 0. The molecule has 2 saturated carbocycles. The van der Waals surface area contributed by atoms with Gasteiger partial charge in [0, 0.05) is 29.5 Å². The number of amides is 2. The number of carbonyl (C=O) groups is 1. The van der Waals surface area contributed by atoms with Crippen molar-refractivity contribution in [2.24, 2.45) is 5.92 Å². The lowest BCUT2D eigenvalue weighted by Crippen LogP contribution is -2.63. The molecule has 2 saturated heterocycles. The highest BCUT2D eigenvalue weighted by molar-refractivity contribution is 5.91. The van der Waals surface area contributed by atoms with Crippen LogP contribution in [0.1, 0.15) is 50.5 Å². The van der Waals surface area contributed by atoms with Gasteiger partial charge < -0.3 is 10.2 Å². The van der Waals surface area contributed by atoms with Crippen molar-refractivity contribution in [3.8, 4) is 11.3 Å². The van der Waals surface area contributed by atoms with Gasteiger partial charge in [0.25, 0.3) is 0 Å². The maximum Gasteiger partial charge on any atom is 0.322 e. The van der Waals surface area contributed by atoms with E-state index in [1.807, 2.05) is 12.1 Å². The molecule has 2 unspecified atom stereocenters. The number of benzene rings is 1. The molecule has 5 heteroatoms. The van der Waals surface area contributed by atoms with E-state index in [9.17, 15) is 4.79 Å². The molecular weight excluding hydrogens is 312 g/mol. The molecule has 0 radical (unpaired) electrons. The highest BCUT2D eigenvalue weighted by Gasteiger charge is 2.46. The maximum atomic E-state index is 12.7. The summed E-state index contributed by atoms with van der Waals surface area (Å²) in [5, 5.41) is 10.3. The lowest BCUT2D eigenvalue weighted by atomic mass is 9.74. The van der Waals surface area contributed by atoms with E-state index < -0.39 is 0 Å². The molecule has 130 valence electrons. The summed E-state index contributed by atoms with van der Waals surface area (Å²) in [6.07, 6.45) is 7.75. The Kier molecular flexibility index (Phi) is 3.37. The Morgan fingerprint density at radius 3 is 2.68 bits per heavy atom. The van der Waals surface area contributed by atoms with E-state index in [-0.39, 0.29) is 6.03 Å². The number of piperidine rings is 1.